The van der Waals surface area contributed by atoms with E-state index < -0.39 is 17.7 Å². The predicted molar refractivity (Wildman–Crippen MR) is 69.0 cm³/mol. The molecular formula is C15H9F3O4. The SMILES string of the molecule is O=C(Oc1ccc2c(c1)OCO2)c1cccc(C(F)(F)F)c1. The molecule has 22 heavy (non-hydrogen) atoms. The first-order valence-corrected chi connectivity index (χ1v) is 6.22. The minimum atomic E-state index is -4.52. The number of hydrogen-bond acceptors (Lipinski definition) is 4. The van der Waals surface area contributed by atoms with Crippen LogP contribution in [-0.4, -0.2) is 12.8 Å². The fourth-order valence-electron chi connectivity index (χ4n) is 1.93. The van der Waals surface area contributed by atoms with Crippen molar-refractivity contribution >= 4 is 5.97 Å². The minimum Gasteiger partial charge on any atom is -0.454 e. The van der Waals surface area contributed by atoms with Crippen LogP contribution < -0.4 is 14.2 Å². The van der Waals surface area contributed by atoms with E-state index in [2.05, 4.69) is 0 Å². The van der Waals surface area contributed by atoms with E-state index in [4.69, 9.17) is 14.2 Å². The maximum Gasteiger partial charge on any atom is 0.416 e. The maximum absolute atomic E-state index is 12.6. The van der Waals surface area contributed by atoms with Gasteiger partial charge in [-0.05, 0) is 30.3 Å². The highest BCUT2D eigenvalue weighted by molar-refractivity contribution is 5.91. The van der Waals surface area contributed by atoms with Gasteiger partial charge in [-0.3, -0.25) is 0 Å². The van der Waals surface area contributed by atoms with Crippen LogP contribution in [0.3, 0.4) is 0 Å². The third kappa shape index (κ3) is 2.83. The Morgan fingerprint density at radius 3 is 2.59 bits per heavy atom. The van der Waals surface area contributed by atoms with Crippen molar-refractivity contribution in [3.63, 3.8) is 0 Å². The Morgan fingerprint density at radius 1 is 1.05 bits per heavy atom. The molecular weight excluding hydrogens is 301 g/mol. The fourth-order valence-corrected chi connectivity index (χ4v) is 1.93. The summed E-state index contributed by atoms with van der Waals surface area (Å²) in [5, 5.41) is 0. The Labute approximate surface area is 123 Å². The van der Waals surface area contributed by atoms with Gasteiger partial charge >= 0.3 is 12.1 Å². The van der Waals surface area contributed by atoms with Crippen LogP contribution in [0.25, 0.3) is 0 Å². The molecule has 0 unspecified atom stereocenters. The lowest BCUT2D eigenvalue weighted by molar-refractivity contribution is -0.137. The lowest BCUT2D eigenvalue weighted by Crippen LogP contribution is -2.11. The molecule has 2 aromatic rings. The summed E-state index contributed by atoms with van der Waals surface area (Å²) in [5.41, 5.74) is -1.10. The van der Waals surface area contributed by atoms with E-state index in [1.807, 2.05) is 0 Å². The normalized spacial score (nSPS) is 13.0. The van der Waals surface area contributed by atoms with Gasteiger partial charge in [-0.1, -0.05) is 6.07 Å². The van der Waals surface area contributed by atoms with Crippen molar-refractivity contribution < 1.29 is 32.2 Å². The number of rotatable bonds is 2. The van der Waals surface area contributed by atoms with Gasteiger partial charge in [-0.15, -0.1) is 0 Å². The zero-order valence-corrected chi connectivity index (χ0v) is 11.0. The number of carbonyl (C=O) groups is 1. The van der Waals surface area contributed by atoms with Crippen molar-refractivity contribution in [1.29, 1.82) is 0 Å². The lowest BCUT2D eigenvalue weighted by Gasteiger charge is -2.09. The smallest absolute Gasteiger partial charge is 0.416 e. The highest BCUT2D eigenvalue weighted by atomic mass is 19.4. The van der Waals surface area contributed by atoms with Crippen LogP contribution in [0.15, 0.2) is 42.5 Å². The van der Waals surface area contributed by atoms with Crippen molar-refractivity contribution in [1.82, 2.24) is 0 Å². The molecule has 0 spiro atoms. The Kier molecular flexibility index (Phi) is 3.40. The van der Waals surface area contributed by atoms with Gasteiger partial charge < -0.3 is 14.2 Å². The molecule has 0 aromatic heterocycles. The average molecular weight is 310 g/mol. The summed E-state index contributed by atoms with van der Waals surface area (Å²) in [6.07, 6.45) is -4.52. The molecule has 0 saturated carbocycles. The van der Waals surface area contributed by atoms with Gasteiger partial charge in [0.1, 0.15) is 5.75 Å². The number of fused-ring (bicyclic) bond motifs is 1. The van der Waals surface area contributed by atoms with E-state index in [9.17, 15) is 18.0 Å². The van der Waals surface area contributed by atoms with Crippen molar-refractivity contribution in [3.8, 4) is 17.2 Å². The summed E-state index contributed by atoms with van der Waals surface area (Å²) >= 11 is 0. The van der Waals surface area contributed by atoms with Crippen molar-refractivity contribution in [2.75, 3.05) is 6.79 Å². The van der Waals surface area contributed by atoms with E-state index in [1.165, 1.54) is 18.2 Å². The molecule has 1 aliphatic rings. The van der Waals surface area contributed by atoms with E-state index in [0.717, 1.165) is 18.2 Å². The second-order valence-corrected chi connectivity index (χ2v) is 4.48. The van der Waals surface area contributed by atoms with Crippen LogP contribution in [0.5, 0.6) is 17.2 Å². The lowest BCUT2D eigenvalue weighted by atomic mass is 10.1. The Balaban J connectivity index is 1.80. The molecule has 0 amide bonds. The third-order valence-electron chi connectivity index (χ3n) is 2.98. The standard InChI is InChI=1S/C15H9F3O4/c16-15(17,18)10-3-1-2-9(6-10)14(19)22-11-4-5-12-13(7-11)21-8-20-12/h1-7H,8H2. The Bertz CT molecular complexity index is 725. The largest absolute Gasteiger partial charge is 0.454 e. The van der Waals surface area contributed by atoms with Crippen LogP contribution in [0.1, 0.15) is 15.9 Å². The van der Waals surface area contributed by atoms with Crippen molar-refractivity contribution in [2.24, 2.45) is 0 Å². The van der Waals surface area contributed by atoms with Crippen LogP contribution in [0.4, 0.5) is 13.2 Å². The predicted octanol–water partition coefficient (Wildman–Crippen LogP) is 3.65. The molecule has 3 rings (SSSR count). The Morgan fingerprint density at radius 2 is 1.82 bits per heavy atom. The van der Waals surface area contributed by atoms with E-state index >= 15 is 0 Å². The fraction of sp³-hybridized carbons (Fsp3) is 0.133. The zero-order chi connectivity index (χ0) is 15.7. The molecule has 2 aromatic carbocycles. The first kappa shape index (κ1) is 14.2. The van der Waals surface area contributed by atoms with E-state index in [-0.39, 0.29) is 18.1 Å². The number of alkyl halides is 3. The number of hydrogen-bond donors (Lipinski definition) is 0. The Hall–Kier alpha value is -2.70. The number of esters is 1. The second-order valence-electron chi connectivity index (χ2n) is 4.48. The van der Waals surface area contributed by atoms with Crippen LogP contribution in [-0.2, 0) is 6.18 Å². The first-order chi connectivity index (χ1) is 10.4. The molecule has 0 atom stereocenters. The maximum atomic E-state index is 12.6. The van der Waals surface area contributed by atoms with E-state index in [0.29, 0.717) is 11.5 Å². The third-order valence-corrected chi connectivity index (χ3v) is 2.98. The van der Waals surface area contributed by atoms with Crippen LogP contribution >= 0.6 is 0 Å². The number of ether oxygens (including phenoxy) is 3. The molecule has 1 aliphatic heterocycles. The molecule has 0 aliphatic carbocycles. The molecule has 114 valence electrons. The summed E-state index contributed by atoms with van der Waals surface area (Å²) in [6.45, 7) is 0.0698. The molecule has 0 saturated heterocycles. The molecule has 0 fully saturated rings. The van der Waals surface area contributed by atoms with Crippen LogP contribution in [0.2, 0.25) is 0 Å². The topological polar surface area (TPSA) is 44.8 Å². The summed E-state index contributed by atoms with van der Waals surface area (Å²) < 4.78 is 53.2. The summed E-state index contributed by atoms with van der Waals surface area (Å²) in [6, 6.07) is 8.50. The summed E-state index contributed by atoms with van der Waals surface area (Å²) in [4.78, 5) is 11.9. The number of benzene rings is 2. The van der Waals surface area contributed by atoms with Gasteiger partial charge in [0.2, 0.25) is 6.79 Å². The summed E-state index contributed by atoms with van der Waals surface area (Å²) in [7, 11) is 0. The molecule has 0 radical (unpaired) electrons. The number of halogens is 3. The van der Waals surface area contributed by atoms with Gasteiger partial charge in [0, 0.05) is 6.07 Å². The first-order valence-electron chi connectivity index (χ1n) is 6.22. The molecule has 7 heteroatoms. The van der Waals surface area contributed by atoms with Crippen molar-refractivity contribution in [2.45, 2.75) is 6.18 Å². The van der Waals surface area contributed by atoms with E-state index in [1.54, 1.807) is 6.07 Å². The van der Waals surface area contributed by atoms with Crippen molar-refractivity contribution in [3.05, 3.63) is 53.6 Å². The number of carbonyl (C=O) groups excluding carboxylic acids is 1. The average Bonchev–Trinajstić information content (AvgIpc) is 2.94. The highest BCUT2D eigenvalue weighted by Crippen LogP contribution is 2.35. The van der Waals surface area contributed by atoms with Gasteiger partial charge in [0.15, 0.2) is 11.5 Å². The zero-order valence-electron chi connectivity index (χ0n) is 11.0. The molecule has 4 nitrogen and oxygen atoms in total. The summed E-state index contributed by atoms with van der Waals surface area (Å²) in [5.74, 6) is 0.199. The van der Waals surface area contributed by atoms with Gasteiger partial charge in [-0.25, -0.2) is 4.79 Å². The molecule has 0 N–H and O–H groups in total. The quantitative estimate of drug-likeness (QED) is 0.627. The molecule has 0 bridgehead atoms. The van der Waals surface area contributed by atoms with Crippen LogP contribution in [0, 0.1) is 0 Å². The van der Waals surface area contributed by atoms with Gasteiger partial charge in [0.05, 0.1) is 11.1 Å². The van der Waals surface area contributed by atoms with Gasteiger partial charge in [0.25, 0.3) is 0 Å². The highest BCUT2D eigenvalue weighted by Gasteiger charge is 2.31. The second kappa shape index (κ2) is 5.25. The molecule has 1 heterocycles. The monoisotopic (exact) mass is 310 g/mol. The minimum absolute atomic E-state index is 0.0698. The van der Waals surface area contributed by atoms with Gasteiger partial charge in [-0.2, -0.15) is 13.2 Å².